The quantitative estimate of drug-likeness (QED) is 0.579. The topological polar surface area (TPSA) is 26.3 Å². The van der Waals surface area contributed by atoms with E-state index in [0.29, 0.717) is 5.75 Å². The Bertz CT molecular complexity index is 489. The van der Waals surface area contributed by atoms with E-state index in [1.807, 2.05) is 62.4 Å². The van der Waals surface area contributed by atoms with Crippen LogP contribution >= 0.6 is 0 Å². The second kappa shape index (κ2) is 7.28. The maximum Gasteiger partial charge on any atom is 0.308 e. The summed E-state index contributed by atoms with van der Waals surface area (Å²) in [5.74, 6) is 0.277. The summed E-state index contributed by atoms with van der Waals surface area (Å²) >= 11 is 0. The molecule has 0 saturated heterocycles. The first-order valence-corrected chi connectivity index (χ1v) is 6.09. The van der Waals surface area contributed by atoms with Crippen molar-refractivity contribution in [3.63, 3.8) is 0 Å². The van der Waals surface area contributed by atoms with Crippen LogP contribution in [0.15, 0.2) is 54.6 Å². The highest BCUT2D eigenvalue weighted by atomic mass is 16.5. The van der Waals surface area contributed by atoms with Crippen molar-refractivity contribution in [2.45, 2.75) is 20.8 Å². The second-order valence-electron chi connectivity index (χ2n) is 3.49. The number of hydrogen-bond acceptors (Lipinski definition) is 2. The normalized spacial score (nSPS) is 9.06. The van der Waals surface area contributed by atoms with E-state index in [0.717, 1.165) is 11.1 Å². The van der Waals surface area contributed by atoms with Gasteiger partial charge in [0, 0.05) is 6.92 Å². The average molecular weight is 242 g/mol. The molecule has 0 aliphatic heterocycles. The van der Waals surface area contributed by atoms with Gasteiger partial charge in [-0.1, -0.05) is 56.3 Å². The maximum absolute atomic E-state index is 10.8. The molecular formula is C16H18O2. The Labute approximate surface area is 108 Å². The molecule has 0 bridgehead atoms. The molecule has 2 nitrogen and oxygen atoms in total. The highest BCUT2D eigenvalue weighted by Gasteiger charge is 2.01. The molecule has 18 heavy (non-hydrogen) atoms. The summed E-state index contributed by atoms with van der Waals surface area (Å²) in [6.07, 6.45) is 0. The molecule has 2 aromatic rings. The molecule has 2 heteroatoms. The lowest BCUT2D eigenvalue weighted by Crippen LogP contribution is -2.00. The van der Waals surface area contributed by atoms with Gasteiger partial charge in [-0.3, -0.25) is 4.79 Å². The summed E-state index contributed by atoms with van der Waals surface area (Å²) in [6.45, 7) is 5.40. The number of carbonyl (C=O) groups is 1. The molecule has 2 rings (SSSR count). The lowest BCUT2D eigenvalue weighted by Gasteiger charge is -2.04. The molecule has 0 atom stereocenters. The van der Waals surface area contributed by atoms with Gasteiger partial charge < -0.3 is 4.74 Å². The summed E-state index contributed by atoms with van der Waals surface area (Å²) in [6, 6.07) is 17.5. The predicted octanol–water partition coefficient (Wildman–Crippen LogP) is 4.31. The Morgan fingerprint density at radius 2 is 1.50 bits per heavy atom. The van der Waals surface area contributed by atoms with E-state index in [1.165, 1.54) is 6.92 Å². The molecule has 0 aliphatic carbocycles. The van der Waals surface area contributed by atoms with Gasteiger partial charge in [-0.05, 0) is 23.3 Å². The summed E-state index contributed by atoms with van der Waals surface area (Å²) in [5.41, 5.74) is 2.15. The summed E-state index contributed by atoms with van der Waals surface area (Å²) in [5, 5.41) is 0. The SMILES string of the molecule is CC.CC(=O)Oc1cccc(-c2ccccc2)c1. The van der Waals surface area contributed by atoms with Crippen LogP contribution in [0.4, 0.5) is 0 Å². The maximum atomic E-state index is 10.8. The van der Waals surface area contributed by atoms with Crippen LogP contribution in [0.3, 0.4) is 0 Å². The van der Waals surface area contributed by atoms with Crippen LogP contribution in [0.1, 0.15) is 20.8 Å². The number of hydrogen-bond donors (Lipinski definition) is 0. The molecule has 2 aromatic carbocycles. The molecule has 94 valence electrons. The van der Waals surface area contributed by atoms with Gasteiger partial charge >= 0.3 is 5.97 Å². The molecule has 0 N–H and O–H groups in total. The van der Waals surface area contributed by atoms with Crippen molar-refractivity contribution in [3.8, 4) is 16.9 Å². The van der Waals surface area contributed by atoms with Crippen molar-refractivity contribution in [1.29, 1.82) is 0 Å². The van der Waals surface area contributed by atoms with Gasteiger partial charge in [-0.15, -0.1) is 0 Å². The molecule has 0 spiro atoms. The Hall–Kier alpha value is -2.09. The van der Waals surface area contributed by atoms with Gasteiger partial charge in [0.1, 0.15) is 5.75 Å². The molecular weight excluding hydrogens is 224 g/mol. The lowest BCUT2D eigenvalue weighted by atomic mass is 10.1. The minimum Gasteiger partial charge on any atom is -0.427 e. The van der Waals surface area contributed by atoms with Crippen LogP contribution in [0.5, 0.6) is 5.75 Å². The van der Waals surface area contributed by atoms with Crippen molar-refractivity contribution in [2.24, 2.45) is 0 Å². The first-order chi connectivity index (χ1) is 8.75. The number of ether oxygens (including phenoxy) is 1. The van der Waals surface area contributed by atoms with Crippen LogP contribution in [0.25, 0.3) is 11.1 Å². The van der Waals surface area contributed by atoms with E-state index in [-0.39, 0.29) is 5.97 Å². The smallest absolute Gasteiger partial charge is 0.308 e. The van der Waals surface area contributed by atoms with Crippen molar-refractivity contribution in [1.82, 2.24) is 0 Å². The monoisotopic (exact) mass is 242 g/mol. The molecule has 0 aliphatic rings. The van der Waals surface area contributed by atoms with Gasteiger partial charge in [0.15, 0.2) is 0 Å². The van der Waals surface area contributed by atoms with Crippen molar-refractivity contribution in [2.75, 3.05) is 0 Å². The van der Waals surface area contributed by atoms with Crippen LogP contribution in [0.2, 0.25) is 0 Å². The standard InChI is InChI=1S/C14H12O2.C2H6/c1-11(15)16-14-9-5-8-13(10-14)12-6-3-2-4-7-12;1-2/h2-10H,1H3;1-2H3. The first-order valence-electron chi connectivity index (χ1n) is 6.09. The molecule has 0 amide bonds. The van der Waals surface area contributed by atoms with Crippen molar-refractivity contribution in [3.05, 3.63) is 54.6 Å². The fraction of sp³-hybridized carbons (Fsp3) is 0.188. The van der Waals surface area contributed by atoms with Gasteiger partial charge in [0.2, 0.25) is 0 Å². The fourth-order valence-electron chi connectivity index (χ4n) is 1.54. The molecule has 0 radical (unpaired) electrons. The Balaban J connectivity index is 0.000000771. The Morgan fingerprint density at radius 3 is 2.11 bits per heavy atom. The van der Waals surface area contributed by atoms with E-state index in [2.05, 4.69) is 0 Å². The summed E-state index contributed by atoms with van der Waals surface area (Å²) in [4.78, 5) is 10.8. The third kappa shape index (κ3) is 4.06. The number of benzene rings is 2. The molecule has 0 aromatic heterocycles. The van der Waals surface area contributed by atoms with E-state index < -0.39 is 0 Å². The fourth-order valence-corrected chi connectivity index (χ4v) is 1.54. The zero-order valence-electron chi connectivity index (χ0n) is 11.0. The summed E-state index contributed by atoms with van der Waals surface area (Å²) in [7, 11) is 0. The van der Waals surface area contributed by atoms with Crippen LogP contribution in [-0.4, -0.2) is 5.97 Å². The first kappa shape index (κ1) is 14.0. The summed E-state index contributed by atoms with van der Waals surface area (Å²) < 4.78 is 5.04. The highest BCUT2D eigenvalue weighted by molar-refractivity contribution is 5.71. The number of carbonyl (C=O) groups excluding carboxylic acids is 1. The molecule has 0 saturated carbocycles. The third-order valence-corrected chi connectivity index (χ3v) is 2.20. The van der Waals surface area contributed by atoms with Crippen molar-refractivity contribution >= 4 is 5.97 Å². The van der Waals surface area contributed by atoms with E-state index in [9.17, 15) is 4.79 Å². The molecule has 0 unspecified atom stereocenters. The molecule has 0 heterocycles. The highest BCUT2D eigenvalue weighted by Crippen LogP contribution is 2.23. The van der Waals surface area contributed by atoms with Gasteiger partial charge in [-0.25, -0.2) is 0 Å². The number of esters is 1. The van der Waals surface area contributed by atoms with Crippen LogP contribution in [0, 0.1) is 0 Å². The minimum absolute atomic E-state index is 0.301. The second-order valence-corrected chi connectivity index (χ2v) is 3.49. The van der Waals surface area contributed by atoms with Crippen LogP contribution < -0.4 is 4.74 Å². The van der Waals surface area contributed by atoms with E-state index in [1.54, 1.807) is 6.07 Å². The number of rotatable bonds is 2. The Kier molecular flexibility index (Phi) is 5.65. The molecule has 0 fully saturated rings. The van der Waals surface area contributed by atoms with Gasteiger partial charge in [0.25, 0.3) is 0 Å². The van der Waals surface area contributed by atoms with E-state index >= 15 is 0 Å². The van der Waals surface area contributed by atoms with Crippen molar-refractivity contribution < 1.29 is 9.53 Å². The van der Waals surface area contributed by atoms with Gasteiger partial charge in [-0.2, -0.15) is 0 Å². The van der Waals surface area contributed by atoms with Crippen LogP contribution in [-0.2, 0) is 4.79 Å². The third-order valence-electron chi connectivity index (χ3n) is 2.20. The largest absolute Gasteiger partial charge is 0.427 e. The lowest BCUT2D eigenvalue weighted by molar-refractivity contribution is -0.131. The van der Waals surface area contributed by atoms with Gasteiger partial charge in [0.05, 0.1) is 0 Å². The minimum atomic E-state index is -0.301. The predicted molar refractivity (Wildman–Crippen MR) is 74.5 cm³/mol. The Morgan fingerprint density at radius 1 is 0.889 bits per heavy atom. The van der Waals surface area contributed by atoms with E-state index in [4.69, 9.17) is 4.74 Å². The average Bonchev–Trinajstić information content (AvgIpc) is 2.42. The zero-order chi connectivity index (χ0) is 13.4. The zero-order valence-corrected chi connectivity index (χ0v) is 11.0.